The van der Waals surface area contributed by atoms with Crippen LogP contribution in [0.4, 0.5) is 0 Å². The second kappa shape index (κ2) is 17.1. The first kappa shape index (κ1) is 33.4. The molecule has 1 unspecified atom stereocenters. The highest BCUT2D eigenvalue weighted by Crippen LogP contribution is 2.37. The van der Waals surface area contributed by atoms with Crippen molar-refractivity contribution in [1.29, 1.82) is 0 Å². The second-order valence-corrected chi connectivity index (χ2v) is 12.3. The Kier molecular flexibility index (Phi) is 13.3. The molecule has 0 saturated heterocycles. The van der Waals surface area contributed by atoms with Gasteiger partial charge in [-0.1, -0.05) is 58.1 Å². The summed E-state index contributed by atoms with van der Waals surface area (Å²) in [6.07, 6.45) is 16.4. The zero-order valence-electron chi connectivity index (χ0n) is 26.4. The van der Waals surface area contributed by atoms with Crippen LogP contribution >= 0.6 is 0 Å². The molecule has 238 valence electrons. The number of aromatic hydroxyl groups is 1. The first-order valence-electron chi connectivity index (χ1n) is 16.4. The summed E-state index contributed by atoms with van der Waals surface area (Å²) in [6.45, 7) is 8.62. The number of phenols is 1. The molecular weight excluding hydrogens is 542 g/mol. The van der Waals surface area contributed by atoms with Gasteiger partial charge in [-0.25, -0.2) is 0 Å². The topological polar surface area (TPSA) is 116 Å². The first-order chi connectivity index (χ1) is 20.9. The molecule has 4 rings (SSSR count). The highest BCUT2D eigenvalue weighted by Gasteiger charge is 2.37. The number of likely N-dealkylation sites (N-methyl/N-ethyl adjacent to an activating group) is 1. The van der Waals surface area contributed by atoms with Gasteiger partial charge in [0.25, 0.3) is 0 Å². The van der Waals surface area contributed by atoms with E-state index in [4.69, 9.17) is 14.5 Å². The van der Waals surface area contributed by atoms with Gasteiger partial charge >= 0.3 is 0 Å². The van der Waals surface area contributed by atoms with Crippen molar-refractivity contribution in [2.24, 2.45) is 16.8 Å². The first-order valence-corrected chi connectivity index (χ1v) is 16.4. The number of aliphatic hydroxyl groups is 2. The Morgan fingerprint density at radius 2 is 2.02 bits per heavy atom. The number of ether oxygens (including phenoxy) is 2. The summed E-state index contributed by atoms with van der Waals surface area (Å²) < 4.78 is 12.3. The summed E-state index contributed by atoms with van der Waals surface area (Å²) >= 11 is 0. The number of aliphatic hydroxyl groups excluding tert-OH is 2. The van der Waals surface area contributed by atoms with E-state index in [1.165, 1.54) is 31.3 Å². The molecule has 0 radical (unpaired) electrons. The van der Waals surface area contributed by atoms with Crippen LogP contribution in [0, 0.1) is 24.0 Å². The van der Waals surface area contributed by atoms with E-state index in [0.29, 0.717) is 30.7 Å². The number of nitrogens with zero attached hydrogens (tertiary/aromatic N) is 1. The Hall–Kier alpha value is -2.49. The minimum absolute atomic E-state index is 0.0130. The Balaban J connectivity index is 1.35. The fourth-order valence-corrected chi connectivity index (χ4v) is 6.42. The van der Waals surface area contributed by atoms with Gasteiger partial charge < -0.3 is 30.1 Å². The molecule has 1 saturated carbocycles. The fraction of sp³-hybridized carbons (Fsp3) is 0.629. The van der Waals surface area contributed by atoms with Crippen molar-refractivity contribution >= 4 is 6.21 Å². The quantitative estimate of drug-likeness (QED) is 0.142. The lowest BCUT2D eigenvalue weighted by molar-refractivity contribution is 0.103. The van der Waals surface area contributed by atoms with E-state index in [1.807, 2.05) is 31.3 Å². The molecule has 4 atom stereocenters. The van der Waals surface area contributed by atoms with Crippen molar-refractivity contribution in [3.05, 3.63) is 59.2 Å². The van der Waals surface area contributed by atoms with Crippen molar-refractivity contribution in [1.82, 2.24) is 10.6 Å². The van der Waals surface area contributed by atoms with Crippen molar-refractivity contribution < 1.29 is 24.8 Å². The van der Waals surface area contributed by atoms with Crippen LogP contribution in [-0.2, 0) is 11.2 Å². The third-order valence-electron chi connectivity index (χ3n) is 8.83. The average Bonchev–Trinajstić information content (AvgIpc) is 3.78. The average molecular weight is 596 g/mol. The van der Waals surface area contributed by atoms with Crippen molar-refractivity contribution in [3.63, 3.8) is 0 Å². The zero-order chi connectivity index (χ0) is 30.6. The normalized spacial score (nSPS) is 20.9. The van der Waals surface area contributed by atoms with Gasteiger partial charge in [0.15, 0.2) is 23.8 Å². The molecule has 5 N–H and O–H groups in total. The Morgan fingerprint density at radius 3 is 2.74 bits per heavy atom. The molecule has 2 heterocycles. The van der Waals surface area contributed by atoms with Crippen LogP contribution in [0.2, 0.25) is 0 Å². The van der Waals surface area contributed by atoms with Crippen LogP contribution in [0.25, 0.3) is 0 Å². The fourth-order valence-electron chi connectivity index (χ4n) is 6.42. The lowest BCUT2D eigenvalue weighted by atomic mass is 9.84. The van der Waals surface area contributed by atoms with Crippen LogP contribution in [0.15, 0.2) is 46.5 Å². The maximum atomic E-state index is 10.6. The highest BCUT2D eigenvalue weighted by molar-refractivity contribution is 5.84. The molecule has 1 aromatic carbocycles. The Bertz CT molecular complexity index is 1080. The van der Waals surface area contributed by atoms with Crippen LogP contribution in [-0.4, -0.2) is 72.6 Å². The standard InChI is InChI=1S/C35H53N3O5/c1-4-6-11-34-28(22-39)17-29(43-34)14-12-25-13-15-33(41)35(16-25)42-23-32(37-5-2)31-18-27(20-38-31)30(21-36-19-24(3)40)26-9-7-8-10-26/h13,15-18,20,24,26,30,32,34,36-37,39-41H,4-12,14,19,21-23H2,1-3H3/t24-,30+,32-,34?/m0/s1. The van der Waals surface area contributed by atoms with Crippen LogP contribution < -0.4 is 15.4 Å². The number of aliphatic imine (C=N–C) groups is 1. The molecule has 0 bridgehead atoms. The maximum Gasteiger partial charge on any atom is 0.176 e. The molecule has 0 aromatic heterocycles. The Labute approximate surface area is 258 Å². The maximum absolute atomic E-state index is 10.6. The smallest absolute Gasteiger partial charge is 0.176 e. The monoisotopic (exact) mass is 595 g/mol. The molecule has 3 aliphatic rings. The summed E-state index contributed by atoms with van der Waals surface area (Å²) in [6, 6.07) is 6.36. The molecule has 0 spiro atoms. The van der Waals surface area contributed by atoms with Crippen LogP contribution in [0.5, 0.6) is 11.5 Å². The Morgan fingerprint density at radius 1 is 1.21 bits per heavy atom. The van der Waals surface area contributed by atoms with Gasteiger partial charge in [-0.3, -0.25) is 5.32 Å². The number of unbranched alkanes of at least 4 members (excludes halogenated alkanes) is 1. The molecule has 43 heavy (non-hydrogen) atoms. The third kappa shape index (κ3) is 9.75. The molecule has 8 heteroatoms. The number of hydrogen-bond acceptors (Lipinski definition) is 8. The molecule has 1 aliphatic carbocycles. The van der Waals surface area contributed by atoms with E-state index in [9.17, 15) is 15.3 Å². The summed E-state index contributed by atoms with van der Waals surface area (Å²) in [5, 5.41) is 37.0. The second-order valence-electron chi connectivity index (χ2n) is 12.3. The van der Waals surface area contributed by atoms with Gasteiger partial charge in [-0.2, -0.15) is 11.6 Å². The van der Waals surface area contributed by atoms with E-state index in [0.717, 1.165) is 68.5 Å². The summed E-state index contributed by atoms with van der Waals surface area (Å²) in [7, 11) is 0. The van der Waals surface area contributed by atoms with Crippen molar-refractivity contribution in [3.8, 4) is 11.5 Å². The molecular formula is C35H53N3O5. The van der Waals surface area contributed by atoms with Gasteiger partial charge in [0.1, 0.15) is 18.2 Å². The molecule has 1 aromatic rings. The third-order valence-corrected chi connectivity index (χ3v) is 8.83. The number of hydrogen-bond donors (Lipinski definition) is 5. The summed E-state index contributed by atoms with van der Waals surface area (Å²) in [5.41, 5.74) is 3.26. The van der Waals surface area contributed by atoms with Crippen LogP contribution in [0.3, 0.4) is 0 Å². The predicted molar refractivity (Wildman–Crippen MR) is 172 cm³/mol. The van der Waals surface area contributed by atoms with Gasteiger partial charge in [-0.05, 0) is 62.8 Å². The highest BCUT2D eigenvalue weighted by atomic mass is 16.5. The van der Waals surface area contributed by atoms with Gasteiger partial charge in [0.2, 0.25) is 0 Å². The van der Waals surface area contributed by atoms with E-state index in [1.54, 1.807) is 6.07 Å². The lowest BCUT2D eigenvalue weighted by Crippen LogP contribution is -2.38. The largest absolute Gasteiger partial charge is 0.504 e. The summed E-state index contributed by atoms with van der Waals surface area (Å²) in [4.78, 5) is 4.81. The molecule has 1 fully saturated rings. The van der Waals surface area contributed by atoms with E-state index < -0.39 is 0 Å². The number of aryl methyl sites for hydroxylation is 1. The predicted octanol–water partition coefficient (Wildman–Crippen LogP) is 5.04. The number of nitrogens with one attached hydrogen (secondary N) is 2. The minimum Gasteiger partial charge on any atom is -0.504 e. The SMILES string of the molecule is CCCCC1O[C-](CCc2ccc(O)c(OC[C@H](NCC)[C+]3C=C([C@H](CNC[C@H](C)O)C4CCCC4)C=N3)c2)C=C1CO. The van der Waals surface area contributed by atoms with Crippen LogP contribution in [0.1, 0.15) is 77.7 Å². The molecule has 8 nitrogen and oxygen atoms in total. The van der Waals surface area contributed by atoms with Gasteiger partial charge in [-0.15, -0.1) is 4.99 Å². The number of phenolic OH excluding ortho intramolecular Hbond substituents is 1. The lowest BCUT2D eigenvalue weighted by Gasteiger charge is -2.24. The van der Waals surface area contributed by atoms with E-state index >= 15 is 0 Å². The minimum atomic E-state index is -0.364. The summed E-state index contributed by atoms with van der Waals surface area (Å²) in [5.74, 6) is 1.58. The molecule has 2 aliphatic heterocycles. The van der Waals surface area contributed by atoms with E-state index in [-0.39, 0.29) is 30.6 Å². The number of benzene rings is 1. The van der Waals surface area contributed by atoms with Gasteiger partial charge in [0.05, 0.1) is 18.1 Å². The van der Waals surface area contributed by atoms with Gasteiger partial charge in [0, 0.05) is 25.8 Å². The zero-order valence-corrected chi connectivity index (χ0v) is 26.4. The van der Waals surface area contributed by atoms with Crippen molar-refractivity contribution in [2.45, 2.75) is 96.8 Å². The molecule has 0 amide bonds. The van der Waals surface area contributed by atoms with E-state index in [2.05, 4.69) is 30.6 Å². The number of rotatable bonds is 19. The van der Waals surface area contributed by atoms with Crippen molar-refractivity contribution in [2.75, 3.05) is 32.8 Å².